The van der Waals surface area contributed by atoms with Gasteiger partial charge in [-0.1, -0.05) is 0 Å². The molecule has 0 aliphatic carbocycles. The second-order valence-electron chi connectivity index (χ2n) is 11.5. The summed E-state index contributed by atoms with van der Waals surface area (Å²) >= 11 is 0. The van der Waals surface area contributed by atoms with Gasteiger partial charge in [-0.25, -0.2) is 9.97 Å². The predicted octanol–water partition coefficient (Wildman–Crippen LogP) is 3.20. The zero-order valence-corrected chi connectivity index (χ0v) is 23.8. The number of amides is 2. The third kappa shape index (κ3) is 4.90. The van der Waals surface area contributed by atoms with Gasteiger partial charge in [-0.05, 0) is 37.5 Å². The number of anilines is 2. The van der Waals surface area contributed by atoms with Gasteiger partial charge in [0.05, 0.1) is 0 Å². The average molecular weight is 610 g/mol. The molecule has 7 rings (SSSR count). The Hall–Kier alpha value is -4.66. The highest BCUT2D eigenvalue weighted by Crippen LogP contribution is 2.41. The molecule has 0 spiro atoms. The summed E-state index contributed by atoms with van der Waals surface area (Å²) in [4.78, 5) is 37.0. The van der Waals surface area contributed by atoms with Crippen LogP contribution in [0.5, 0.6) is 5.75 Å². The van der Waals surface area contributed by atoms with E-state index < -0.39 is 17.8 Å². The van der Waals surface area contributed by atoms with Crippen LogP contribution in [0.25, 0.3) is 16.8 Å². The largest absolute Gasteiger partial charge is 0.487 e. The number of benzene rings is 1. The van der Waals surface area contributed by atoms with E-state index in [9.17, 15) is 22.8 Å². The van der Waals surface area contributed by atoms with E-state index >= 15 is 0 Å². The number of fused-ring (bicyclic) bond motifs is 2. The lowest BCUT2D eigenvalue weighted by atomic mass is 9.92. The summed E-state index contributed by atoms with van der Waals surface area (Å²) in [5.74, 6) is 0.673. The van der Waals surface area contributed by atoms with Gasteiger partial charge < -0.3 is 26.0 Å². The molecule has 0 saturated carbocycles. The molecule has 1 aromatic carbocycles. The van der Waals surface area contributed by atoms with Crippen LogP contribution >= 0.6 is 0 Å². The number of aryl methyl sites for hydroxylation is 1. The quantitative estimate of drug-likeness (QED) is 0.302. The highest BCUT2D eigenvalue weighted by atomic mass is 19.4. The van der Waals surface area contributed by atoms with E-state index in [0.29, 0.717) is 53.3 Å². The Morgan fingerprint density at radius 3 is 2.73 bits per heavy atom. The van der Waals surface area contributed by atoms with Crippen LogP contribution in [0.3, 0.4) is 0 Å². The van der Waals surface area contributed by atoms with Crippen molar-refractivity contribution in [3.8, 4) is 17.0 Å². The van der Waals surface area contributed by atoms with E-state index in [2.05, 4.69) is 20.7 Å². The number of carbonyl (C=O) groups excluding carboxylic acids is 2. The monoisotopic (exact) mass is 609 g/mol. The summed E-state index contributed by atoms with van der Waals surface area (Å²) < 4.78 is 48.6. The number of hydrogen-bond acceptors (Lipinski definition) is 8. The molecule has 3 aliphatic heterocycles. The number of imidazole rings is 1. The zero-order valence-electron chi connectivity index (χ0n) is 23.8. The van der Waals surface area contributed by atoms with Crippen LogP contribution in [-0.4, -0.2) is 72.6 Å². The summed E-state index contributed by atoms with van der Waals surface area (Å²) in [6.07, 6.45) is 1.86. The molecule has 4 aromatic rings. The van der Waals surface area contributed by atoms with Crippen LogP contribution in [-0.2, 0) is 18.0 Å². The van der Waals surface area contributed by atoms with Gasteiger partial charge in [0.25, 0.3) is 5.91 Å². The molecule has 6 heterocycles. The first-order valence-corrected chi connectivity index (χ1v) is 14.4. The summed E-state index contributed by atoms with van der Waals surface area (Å²) in [6.45, 7) is 1.79. The molecule has 12 nitrogen and oxygen atoms in total. The molecule has 230 valence electrons. The first kappa shape index (κ1) is 28.1. The molecule has 44 heavy (non-hydrogen) atoms. The number of piperidine rings is 1. The van der Waals surface area contributed by atoms with Crippen LogP contribution in [0, 0.1) is 0 Å². The van der Waals surface area contributed by atoms with E-state index in [1.165, 1.54) is 0 Å². The number of aromatic nitrogens is 5. The van der Waals surface area contributed by atoms with Gasteiger partial charge in [-0.3, -0.25) is 18.7 Å². The lowest BCUT2D eigenvalue weighted by Gasteiger charge is -2.34. The minimum Gasteiger partial charge on any atom is -0.487 e. The van der Waals surface area contributed by atoms with Crippen molar-refractivity contribution in [2.45, 2.75) is 49.9 Å². The molecule has 0 bridgehead atoms. The van der Waals surface area contributed by atoms with Gasteiger partial charge in [-0.2, -0.15) is 18.3 Å². The molecule has 4 N–H and O–H groups in total. The number of nitrogens with zero attached hydrogens (tertiary/aromatic N) is 6. The normalized spacial score (nSPS) is 20.5. The fourth-order valence-electron chi connectivity index (χ4n) is 6.30. The van der Waals surface area contributed by atoms with Crippen molar-refractivity contribution in [3.63, 3.8) is 0 Å². The summed E-state index contributed by atoms with van der Waals surface area (Å²) in [5.41, 5.74) is 7.27. The standard InChI is InChI=1S/C29H30F3N9O3/c1-39-21(29(30,31)32)11-22(38-39)36-28(43)15-3-6-19(20(10-15)44-18-12-34-13-18)24-25-26(33)35-8-9-40(25)27(37-24)16-2-4-17-5-7-23(42)41(17)14-16/h3,6,8-11,16-18,34H,2,4-5,7,12-14H2,1H3,(H2,33,35)(H,36,38,43). The number of halogens is 3. The Labute approximate surface area is 249 Å². The second-order valence-corrected chi connectivity index (χ2v) is 11.5. The van der Waals surface area contributed by atoms with E-state index in [1.54, 1.807) is 30.6 Å². The van der Waals surface area contributed by atoms with E-state index in [1.807, 2.05) is 9.30 Å². The summed E-state index contributed by atoms with van der Waals surface area (Å²) in [7, 11) is 1.16. The first-order valence-electron chi connectivity index (χ1n) is 14.4. The first-order chi connectivity index (χ1) is 21.1. The van der Waals surface area contributed by atoms with Gasteiger partial charge in [0.2, 0.25) is 5.91 Å². The van der Waals surface area contributed by atoms with Crippen LogP contribution in [0.1, 0.15) is 53.5 Å². The van der Waals surface area contributed by atoms with Gasteiger partial charge in [-0.15, -0.1) is 0 Å². The lowest BCUT2D eigenvalue weighted by Crippen LogP contribution is -2.50. The molecule has 15 heteroatoms. The molecule has 2 amide bonds. The highest BCUT2D eigenvalue weighted by molar-refractivity contribution is 6.04. The number of hydrogen-bond donors (Lipinski definition) is 3. The third-order valence-corrected chi connectivity index (χ3v) is 8.64. The zero-order chi connectivity index (χ0) is 30.7. The molecule has 3 fully saturated rings. The van der Waals surface area contributed by atoms with E-state index in [4.69, 9.17) is 15.5 Å². The van der Waals surface area contributed by atoms with Crippen molar-refractivity contribution >= 4 is 29.0 Å². The Morgan fingerprint density at radius 1 is 1.18 bits per heavy atom. The Balaban J connectivity index is 1.26. The maximum atomic E-state index is 13.2. The van der Waals surface area contributed by atoms with Gasteiger partial charge in [0.15, 0.2) is 5.82 Å². The number of alkyl halides is 3. The van der Waals surface area contributed by atoms with Crippen LogP contribution in [0.2, 0.25) is 0 Å². The minimum absolute atomic E-state index is 0.0124. The average Bonchev–Trinajstić information content (AvgIpc) is 3.65. The van der Waals surface area contributed by atoms with Gasteiger partial charge in [0.1, 0.15) is 40.4 Å². The van der Waals surface area contributed by atoms with Crippen LogP contribution in [0.4, 0.5) is 24.8 Å². The van der Waals surface area contributed by atoms with Gasteiger partial charge in [0, 0.05) is 74.6 Å². The third-order valence-electron chi connectivity index (χ3n) is 8.64. The Bertz CT molecular complexity index is 1780. The summed E-state index contributed by atoms with van der Waals surface area (Å²) in [6, 6.07) is 5.84. The summed E-state index contributed by atoms with van der Waals surface area (Å²) in [5, 5.41) is 9.38. The van der Waals surface area contributed by atoms with Crippen molar-refractivity contribution in [2.24, 2.45) is 7.05 Å². The van der Waals surface area contributed by atoms with Crippen molar-refractivity contribution in [3.05, 3.63) is 53.7 Å². The fourth-order valence-corrected chi connectivity index (χ4v) is 6.30. The van der Waals surface area contributed by atoms with Crippen molar-refractivity contribution < 1.29 is 27.5 Å². The molecular formula is C29H30F3N9O3. The SMILES string of the molecule is Cn1nc(NC(=O)c2ccc(-c3nc(C4CCC5CCC(=O)N5C4)n4ccnc(N)c34)c(OC3CNC3)c2)cc1C(F)(F)F. The molecular weight excluding hydrogens is 579 g/mol. The predicted molar refractivity (Wildman–Crippen MR) is 153 cm³/mol. The van der Waals surface area contributed by atoms with Crippen LogP contribution < -0.4 is 21.1 Å². The maximum Gasteiger partial charge on any atom is 0.433 e. The Morgan fingerprint density at radius 2 is 2.00 bits per heavy atom. The Kier molecular flexibility index (Phi) is 6.72. The molecule has 3 aliphatic rings. The van der Waals surface area contributed by atoms with Gasteiger partial charge >= 0.3 is 6.18 Å². The molecule has 2 unspecified atom stereocenters. The number of ether oxygens (including phenoxy) is 1. The van der Waals surface area contributed by atoms with Crippen molar-refractivity contribution in [1.82, 2.24) is 34.4 Å². The number of nitrogens with one attached hydrogen (secondary N) is 2. The van der Waals surface area contributed by atoms with Crippen molar-refractivity contribution in [2.75, 3.05) is 30.7 Å². The molecule has 3 saturated heterocycles. The fraction of sp³-hybridized carbons (Fsp3) is 0.414. The van der Waals surface area contributed by atoms with E-state index in [-0.39, 0.29) is 41.2 Å². The number of rotatable bonds is 6. The molecule has 3 aromatic heterocycles. The topological polar surface area (TPSA) is 145 Å². The smallest absolute Gasteiger partial charge is 0.433 e. The number of nitrogen functional groups attached to an aromatic ring is 1. The molecule has 0 radical (unpaired) electrons. The van der Waals surface area contributed by atoms with E-state index in [0.717, 1.165) is 38.2 Å². The molecule has 2 atom stereocenters. The minimum atomic E-state index is -4.61. The van der Waals surface area contributed by atoms with Crippen LogP contribution in [0.15, 0.2) is 36.7 Å². The number of nitrogens with two attached hydrogens (primary N) is 1. The second kappa shape index (κ2) is 10.5. The highest BCUT2D eigenvalue weighted by Gasteiger charge is 2.39. The number of carbonyl (C=O) groups is 2. The maximum absolute atomic E-state index is 13.2. The lowest BCUT2D eigenvalue weighted by molar-refractivity contribution is -0.143. The van der Waals surface area contributed by atoms with Crippen molar-refractivity contribution in [1.29, 1.82) is 0 Å².